The lowest BCUT2D eigenvalue weighted by Gasteiger charge is -2.54. The number of rotatable bonds is 6. The highest BCUT2D eigenvalue weighted by atomic mass is 16.5. The molecule has 1 N–H and O–H groups in total. The average molecular weight is 540 g/mol. The Morgan fingerprint density at radius 2 is 1.85 bits per heavy atom. The van der Waals surface area contributed by atoms with E-state index in [0.717, 1.165) is 66.4 Å². The number of aryl methyl sites for hydroxylation is 1. The molecule has 2 aliphatic heterocycles. The second-order valence-electron chi connectivity index (χ2n) is 10.4. The Balaban J connectivity index is 1.18. The molecule has 5 heterocycles. The molecule has 0 atom stereocenters. The standard InChI is InChI=1S/C28H29N9O3/c1-18-10-19(4-6-21(18)40-24-11-23-30-16-33-37(23)17-32-24)34-27-25-20(29-15-31-27)5-7-22(38-3)26(25)36-13-28(14-36)12-35(2)8-9-39-28/h4-7,10-11,15-17H,8-9,12-14H2,1-3H3,(H,29,31,34). The van der Waals surface area contributed by atoms with Crippen LogP contribution in [0.4, 0.5) is 17.2 Å². The Labute approximate surface area is 230 Å². The molecular formula is C28H29N9O3. The van der Waals surface area contributed by atoms with Crippen molar-refractivity contribution < 1.29 is 14.2 Å². The molecule has 204 valence electrons. The number of aromatic nitrogens is 6. The molecule has 0 saturated carbocycles. The van der Waals surface area contributed by atoms with E-state index in [1.54, 1.807) is 30.3 Å². The highest BCUT2D eigenvalue weighted by molar-refractivity contribution is 6.03. The van der Waals surface area contributed by atoms with E-state index in [0.29, 0.717) is 23.1 Å². The van der Waals surface area contributed by atoms with E-state index >= 15 is 0 Å². The van der Waals surface area contributed by atoms with E-state index in [4.69, 9.17) is 14.2 Å². The number of hydrogen-bond acceptors (Lipinski definition) is 11. The molecule has 7 rings (SSSR count). The number of methoxy groups -OCH3 is 1. The minimum atomic E-state index is -0.163. The fourth-order valence-electron chi connectivity index (χ4n) is 5.58. The number of hydrogen-bond donors (Lipinski definition) is 1. The number of likely N-dealkylation sites (N-methyl/N-ethyl adjacent to an activating group) is 1. The molecule has 0 radical (unpaired) electrons. The van der Waals surface area contributed by atoms with E-state index in [-0.39, 0.29) is 5.60 Å². The second-order valence-corrected chi connectivity index (χ2v) is 10.4. The van der Waals surface area contributed by atoms with Gasteiger partial charge >= 0.3 is 0 Å². The third-order valence-electron chi connectivity index (χ3n) is 7.47. The smallest absolute Gasteiger partial charge is 0.224 e. The molecule has 1 spiro atoms. The van der Waals surface area contributed by atoms with Gasteiger partial charge in [0.1, 0.15) is 41.9 Å². The summed E-state index contributed by atoms with van der Waals surface area (Å²) in [6, 6.07) is 11.6. The molecule has 2 saturated heterocycles. The third kappa shape index (κ3) is 4.31. The van der Waals surface area contributed by atoms with Gasteiger partial charge in [-0.1, -0.05) is 0 Å². The summed E-state index contributed by atoms with van der Waals surface area (Å²) in [6.45, 7) is 6.16. The molecule has 2 aliphatic rings. The van der Waals surface area contributed by atoms with Crippen molar-refractivity contribution >= 4 is 33.7 Å². The van der Waals surface area contributed by atoms with Crippen molar-refractivity contribution in [1.29, 1.82) is 0 Å². The van der Waals surface area contributed by atoms with Crippen LogP contribution in [0, 0.1) is 6.92 Å². The quantitative estimate of drug-likeness (QED) is 0.342. The first-order chi connectivity index (χ1) is 19.5. The lowest BCUT2D eigenvalue weighted by atomic mass is 9.90. The highest BCUT2D eigenvalue weighted by Gasteiger charge is 2.48. The zero-order chi connectivity index (χ0) is 27.3. The van der Waals surface area contributed by atoms with Crippen LogP contribution in [0.2, 0.25) is 0 Å². The fourth-order valence-corrected chi connectivity index (χ4v) is 5.58. The molecule has 12 heteroatoms. The van der Waals surface area contributed by atoms with Gasteiger partial charge in [0, 0.05) is 24.8 Å². The van der Waals surface area contributed by atoms with Crippen molar-refractivity contribution in [2.75, 3.05) is 57.2 Å². The number of nitrogens with one attached hydrogen (secondary N) is 1. The number of ether oxygens (including phenoxy) is 3. The molecule has 2 fully saturated rings. The van der Waals surface area contributed by atoms with E-state index in [1.807, 2.05) is 37.3 Å². The minimum Gasteiger partial charge on any atom is -0.495 e. The summed E-state index contributed by atoms with van der Waals surface area (Å²) < 4.78 is 19.7. The number of morpholine rings is 1. The summed E-state index contributed by atoms with van der Waals surface area (Å²) in [6.07, 6.45) is 4.63. The SMILES string of the molecule is COc1ccc2ncnc(Nc3ccc(Oc4cc5ncnn5cn4)c(C)c3)c2c1N1CC2(CN(C)CCO2)C1. The Bertz CT molecular complexity index is 1720. The van der Waals surface area contributed by atoms with Gasteiger partial charge in [-0.25, -0.2) is 24.5 Å². The Morgan fingerprint density at radius 3 is 2.67 bits per heavy atom. The van der Waals surface area contributed by atoms with Crippen molar-refractivity contribution in [1.82, 2.24) is 34.4 Å². The lowest BCUT2D eigenvalue weighted by molar-refractivity contribution is -0.117. The Kier molecular flexibility index (Phi) is 5.86. The first-order valence-electron chi connectivity index (χ1n) is 13.1. The summed E-state index contributed by atoms with van der Waals surface area (Å²) >= 11 is 0. The van der Waals surface area contributed by atoms with Crippen LogP contribution in [0.5, 0.6) is 17.4 Å². The molecule has 0 unspecified atom stereocenters. The number of nitrogens with zero attached hydrogens (tertiary/aromatic N) is 8. The minimum absolute atomic E-state index is 0.163. The summed E-state index contributed by atoms with van der Waals surface area (Å²) in [5, 5.41) is 8.48. The maximum Gasteiger partial charge on any atom is 0.224 e. The van der Waals surface area contributed by atoms with Crippen LogP contribution in [0.15, 0.2) is 55.4 Å². The first kappa shape index (κ1) is 24.5. The van der Waals surface area contributed by atoms with Gasteiger partial charge in [-0.05, 0) is 49.9 Å². The predicted molar refractivity (Wildman–Crippen MR) is 150 cm³/mol. The first-order valence-corrected chi connectivity index (χ1v) is 13.1. The molecule has 0 amide bonds. The van der Waals surface area contributed by atoms with Crippen LogP contribution < -0.4 is 19.7 Å². The fraction of sp³-hybridized carbons (Fsp3) is 0.321. The van der Waals surface area contributed by atoms with Gasteiger partial charge in [-0.2, -0.15) is 5.10 Å². The summed E-state index contributed by atoms with van der Waals surface area (Å²) in [4.78, 5) is 22.3. The van der Waals surface area contributed by atoms with E-state index in [9.17, 15) is 0 Å². The van der Waals surface area contributed by atoms with Crippen molar-refractivity contribution in [2.24, 2.45) is 0 Å². The van der Waals surface area contributed by atoms with Crippen molar-refractivity contribution in [3.63, 3.8) is 0 Å². The molecule has 12 nitrogen and oxygen atoms in total. The number of benzene rings is 2. The van der Waals surface area contributed by atoms with Gasteiger partial charge in [0.15, 0.2) is 5.65 Å². The topological polar surface area (TPSA) is 115 Å². The van der Waals surface area contributed by atoms with E-state index < -0.39 is 0 Å². The van der Waals surface area contributed by atoms with E-state index in [1.165, 1.54) is 6.33 Å². The van der Waals surface area contributed by atoms with Gasteiger partial charge in [-0.15, -0.1) is 0 Å². The molecule has 0 bridgehead atoms. The van der Waals surface area contributed by atoms with Crippen molar-refractivity contribution in [3.05, 3.63) is 60.9 Å². The molecule has 40 heavy (non-hydrogen) atoms. The normalized spacial score (nSPS) is 16.8. The van der Waals surface area contributed by atoms with Crippen LogP contribution in [0.1, 0.15) is 5.56 Å². The van der Waals surface area contributed by atoms with Gasteiger partial charge < -0.3 is 29.3 Å². The number of fused-ring (bicyclic) bond motifs is 2. The van der Waals surface area contributed by atoms with Gasteiger partial charge in [0.2, 0.25) is 5.88 Å². The monoisotopic (exact) mass is 539 g/mol. The second kappa shape index (κ2) is 9.57. The van der Waals surface area contributed by atoms with Gasteiger partial charge in [-0.3, -0.25) is 0 Å². The van der Waals surface area contributed by atoms with Gasteiger partial charge in [0.05, 0.1) is 43.4 Å². The predicted octanol–water partition coefficient (Wildman–Crippen LogP) is 3.44. The van der Waals surface area contributed by atoms with Crippen LogP contribution >= 0.6 is 0 Å². The largest absolute Gasteiger partial charge is 0.495 e. The highest BCUT2D eigenvalue weighted by Crippen LogP contribution is 2.44. The van der Waals surface area contributed by atoms with Crippen LogP contribution in [0.25, 0.3) is 16.6 Å². The number of anilines is 3. The van der Waals surface area contributed by atoms with Crippen LogP contribution in [-0.2, 0) is 4.74 Å². The average Bonchev–Trinajstić information content (AvgIpc) is 3.41. The maximum absolute atomic E-state index is 6.22. The molecule has 0 aliphatic carbocycles. The maximum atomic E-state index is 6.22. The van der Waals surface area contributed by atoms with Crippen LogP contribution in [-0.4, -0.2) is 87.0 Å². The molecular weight excluding hydrogens is 510 g/mol. The molecule has 2 aromatic carbocycles. The van der Waals surface area contributed by atoms with Crippen LogP contribution in [0.3, 0.4) is 0 Å². The Hall–Kier alpha value is -4.55. The summed E-state index contributed by atoms with van der Waals surface area (Å²) in [5.74, 6) is 2.62. The van der Waals surface area contributed by atoms with Crippen molar-refractivity contribution in [2.45, 2.75) is 12.5 Å². The lowest BCUT2D eigenvalue weighted by Crippen LogP contribution is -2.70. The third-order valence-corrected chi connectivity index (χ3v) is 7.47. The van der Waals surface area contributed by atoms with Gasteiger partial charge in [0.25, 0.3) is 0 Å². The summed E-state index contributed by atoms with van der Waals surface area (Å²) in [5.41, 5.74) is 4.12. The summed E-state index contributed by atoms with van der Waals surface area (Å²) in [7, 11) is 3.84. The van der Waals surface area contributed by atoms with E-state index in [2.05, 4.69) is 47.2 Å². The Morgan fingerprint density at radius 1 is 0.975 bits per heavy atom. The zero-order valence-corrected chi connectivity index (χ0v) is 22.5. The zero-order valence-electron chi connectivity index (χ0n) is 22.5. The molecule has 3 aromatic heterocycles. The molecule has 5 aromatic rings. The van der Waals surface area contributed by atoms with Crippen molar-refractivity contribution in [3.8, 4) is 17.4 Å².